The lowest BCUT2D eigenvalue weighted by atomic mass is 10.1. The van der Waals surface area contributed by atoms with Crippen molar-refractivity contribution in [3.8, 4) is 11.3 Å². The summed E-state index contributed by atoms with van der Waals surface area (Å²) in [5, 5.41) is 4.47. The Labute approximate surface area is 103 Å². The SMILES string of the molecule is CCc1c(-c2ccccc2Br)nn(C)c1N. The van der Waals surface area contributed by atoms with Gasteiger partial charge in [-0.3, -0.25) is 4.68 Å². The summed E-state index contributed by atoms with van der Waals surface area (Å²) in [6.45, 7) is 2.09. The van der Waals surface area contributed by atoms with Gasteiger partial charge in [-0.2, -0.15) is 5.10 Å². The third-order valence-corrected chi connectivity index (χ3v) is 3.37. The maximum Gasteiger partial charge on any atom is 0.125 e. The topological polar surface area (TPSA) is 43.8 Å². The molecule has 1 aromatic heterocycles. The molecule has 0 spiro atoms. The Morgan fingerprint density at radius 2 is 2.06 bits per heavy atom. The van der Waals surface area contributed by atoms with Crippen molar-refractivity contribution in [2.24, 2.45) is 7.05 Å². The molecule has 0 amide bonds. The number of nitrogens with two attached hydrogens (primary N) is 1. The van der Waals surface area contributed by atoms with Crippen molar-refractivity contribution in [2.45, 2.75) is 13.3 Å². The molecule has 2 aromatic rings. The minimum absolute atomic E-state index is 0.744. The molecule has 0 radical (unpaired) electrons. The van der Waals surface area contributed by atoms with E-state index in [9.17, 15) is 0 Å². The number of hydrogen-bond acceptors (Lipinski definition) is 2. The van der Waals surface area contributed by atoms with Gasteiger partial charge in [0.15, 0.2) is 0 Å². The summed E-state index contributed by atoms with van der Waals surface area (Å²) >= 11 is 3.54. The highest BCUT2D eigenvalue weighted by Crippen LogP contribution is 2.32. The van der Waals surface area contributed by atoms with Crippen LogP contribution in [0.1, 0.15) is 12.5 Å². The summed E-state index contributed by atoms with van der Waals surface area (Å²) in [5.74, 6) is 0.744. The number of hydrogen-bond donors (Lipinski definition) is 1. The van der Waals surface area contributed by atoms with E-state index < -0.39 is 0 Å². The number of benzene rings is 1. The quantitative estimate of drug-likeness (QED) is 0.919. The Balaban J connectivity index is 2.65. The first-order valence-electron chi connectivity index (χ1n) is 5.21. The second kappa shape index (κ2) is 4.29. The van der Waals surface area contributed by atoms with E-state index in [0.717, 1.165) is 33.5 Å². The summed E-state index contributed by atoms with van der Waals surface area (Å²) in [4.78, 5) is 0. The molecule has 0 bridgehead atoms. The van der Waals surface area contributed by atoms with Crippen LogP contribution in [0, 0.1) is 0 Å². The van der Waals surface area contributed by atoms with Gasteiger partial charge in [0.2, 0.25) is 0 Å². The van der Waals surface area contributed by atoms with E-state index in [4.69, 9.17) is 5.73 Å². The van der Waals surface area contributed by atoms with E-state index in [0.29, 0.717) is 0 Å². The molecule has 0 atom stereocenters. The summed E-state index contributed by atoms with van der Waals surface area (Å²) in [6, 6.07) is 8.06. The summed E-state index contributed by atoms with van der Waals surface area (Å²) in [7, 11) is 1.87. The van der Waals surface area contributed by atoms with Gasteiger partial charge in [0, 0.05) is 22.6 Å². The highest BCUT2D eigenvalue weighted by molar-refractivity contribution is 9.10. The van der Waals surface area contributed by atoms with Crippen molar-refractivity contribution in [1.82, 2.24) is 9.78 Å². The van der Waals surface area contributed by atoms with Gasteiger partial charge in [0.05, 0.1) is 5.69 Å². The standard InChI is InChI=1S/C12H14BrN3/c1-3-8-11(15-16(2)12(8)14)9-6-4-5-7-10(9)13/h4-7H,3,14H2,1-2H3. The van der Waals surface area contributed by atoms with Gasteiger partial charge in [0.1, 0.15) is 5.82 Å². The summed E-state index contributed by atoms with van der Waals surface area (Å²) < 4.78 is 2.77. The van der Waals surface area contributed by atoms with E-state index in [1.807, 2.05) is 31.3 Å². The molecule has 0 saturated heterocycles. The average Bonchev–Trinajstić information content (AvgIpc) is 2.56. The van der Waals surface area contributed by atoms with E-state index >= 15 is 0 Å². The lowest BCUT2D eigenvalue weighted by molar-refractivity contribution is 0.781. The van der Waals surface area contributed by atoms with Crippen molar-refractivity contribution in [1.29, 1.82) is 0 Å². The Morgan fingerprint density at radius 1 is 1.38 bits per heavy atom. The Bertz CT molecular complexity index is 517. The number of rotatable bonds is 2. The molecular weight excluding hydrogens is 266 g/mol. The molecule has 1 heterocycles. The molecule has 0 aliphatic heterocycles. The van der Waals surface area contributed by atoms with Crippen LogP contribution >= 0.6 is 15.9 Å². The van der Waals surface area contributed by atoms with Crippen LogP contribution < -0.4 is 5.73 Å². The lowest BCUT2D eigenvalue weighted by Crippen LogP contribution is -1.98. The fraction of sp³-hybridized carbons (Fsp3) is 0.250. The predicted octanol–water partition coefficient (Wildman–Crippen LogP) is 2.99. The molecule has 2 N–H and O–H groups in total. The van der Waals surface area contributed by atoms with Crippen LogP contribution in [0.3, 0.4) is 0 Å². The number of anilines is 1. The van der Waals surface area contributed by atoms with Crippen LogP contribution in [0.5, 0.6) is 0 Å². The largest absolute Gasteiger partial charge is 0.384 e. The minimum Gasteiger partial charge on any atom is -0.384 e. The molecule has 4 heteroatoms. The highest BCUT2D eigenvalue weighted by Gasteiger charge is 2.15. The molecule has 3 nitrogen and oxygen atoms in total. The second-order valence-electron chi connectivity index (χ2n) is 3.67. The van der Waals surface area contributed by atoms with Gasteiger partial charge in [-0.1, -0.05) is 41.1 Å². The van der Waals surface area contributed by atoms with E-state index in [-0.39, 0.29) is 0 Å². The summed E-state index contributed by atoms with van der Waals surface area (Å²) in [6.07, 6.45) is 0.885. The Hall–Kier alpha value is -1.29. The van der Waals surface area contributed by atoms with Crippen molar-refractivity contribution in [3.63, 3.8) is 0 Å². The highest BCUT2D eigenvalue weighted by atomic mass is 79.9. The Morgan fingerprint density at radius 3 is 2.69 bits per heavy atom. The first-order chi connectivity index (χ1) is 7.65. The van der Waals surface area contributed by atoms with Crippen molar-refractivity contribution in [2.75, 3.05) is 5.73 Å². The van der Waals surface area contributed by atoms with Crippen LogP contribution in [0.25, 0.3) is 11.3 Å². The van der Waals surface area contributed by atoms with Gasteiger partial charge < -0.3 is 5.73 Å². The third-order valence-electron chi connectivity index (χ3n) is 2.68. The lowest BCUT2D eigenvalue weighted by Gasteiger charge is -2.02. The number of aromatic nitrogens is 2. The van der Waals surface area contributed by atoms with Crippen molar-refractivity contribution < 1.29 is 0 Å². The zero-order chi connectivity index (χ0) is 11.7. The molecule has 0 saturated carbocycles. The molecule has 0 fully saturated rings. The van der Waals surface area contributed by atoms with Crippen LogP contribution in [0.4, 0.5) is 5.82 Å². The first kappa shape index (κ1) is 11.2. The van der Waals surface area contributed by atoms with Gasteiger partial charge >= 0.3 is 0 Å². The molecule has 0 unspecified atom stereocenters. The molecule has 2 rings (SSSR count). The molecule has 84 valence electrons. The average molecular weight is 280 g/mol. The van der Waals surface area contributed by atoms with Crippen LogP contribution in [0.2, 0.25) is 0 Å². The van der Waals surface area contributed by atoms with Gasteiger partial charge in [0.25, 0.3) is 0 Å². The maximum absolute atomic E-state index is 5.99. The molecule has 16 heavy (non-hydrogen) atoms. The van der Waals surface area contributed by atoms with Crippen LogP contribution in [-0.4, -0.2) is 9.78 Å². The van der Waals surface area contributed by atoms with Gasteiger partial charge in [-0.15, -0.1) is 0 Å². The monoisotopic (exact) mass is 279 g/mol. The fourth-order valence-electron chi connectivity index (χ4n) is 1.80. The van der Waals surface area contributed by atoms with Crippen molar-refractivity contribution in [3.05, 3.63) is 34.3 Å². The zero-order valence-corrected chi connectivity index (χ0v) is 11.0. The molecule has 0 aliphatic carbocycles. The first-order valence-corrected chi connectivity index (χ1v) is 6.00. The van der Waals surface area contributed by atoms with Crippen LogP contribution in [0.15, 0.2) is 28.7 Å². The maximum atomic E-state index is 5.99. The van der Waals surface area contributed by atoms with Gasteiger partial charge in [-0.25, -0.2) is 0 Å². The number of halogens is 1. The predicted molar refractivity (Wildman–Crippen MR) is 70.1 cm³/mol. The van der Waals surface area contributed by atoms with E-state index in [2.05, 4.69) is 28.0 Å². The second-order valence-corrected chi connectivity index (χ2v) is 4.52. The molecular formula is C12H14BrN3. The van der Waals surface area contributed by atoms with E-state index in [1.165, 1.54) is 0 Å². The number of nitrogens with zero attached hydrogens (tertiary/aromatic N) is 2. The Kier molecular flexibility index (Phi) is 3.01. The number of nitrogen functional groups attached to an aromatic ring is 1. The summed E-state index contributed by atoms with van der Waals surface area (Å²) in [5.41, 5.74) is 9.15. The fourth-order valence-corrected chi connectivity index (χ4v) is 2.27. The zero-order valence-electron chi connectivity index (χ0n) is 9.37. The normalized spacial score (nSPS) is 10.7. The van der Waals surface area contributed by atoms with E-state index in [1.54, 1.807) is 4.68 Å². The van der Waals surface area contributed by atoms with Gasteiger partial charge in [-0.05, 0) is 12.5 Å². The third kappa shape index (κ3) is 1.73. The molecule has 0 aliphatic rings. The molecule has 1 aromatic carbocycles. The number of aryl methyl sites for hydroxylation is 1. The van der Waals surface area contributed by atoms with Crippen molar-refractivity contribution >= 4 is 21.7 Å². The van der Waals surface area contributed by atoms with Crippen LogP contribution in [-0.2, 0) is 13.5 Å². The minimum atomic E-state index is 0.744. The smallest absolute Gasteiger partial charge is 0.125 e.